The summed E-state index contributed by atoms with van der Waals surface area (Å²) >= 11 is 0. The standard InChI is InChI=1S/C46H61NO9/c1-26-20-27(2)37(31(21-26)55-35(50)15-14-34(48)49)42(6,7)24-36(51)54-30-13-12-29-22-33-44-16-17-46(53-9,32(23-44)43(8,52)41(3,4)5)40-45(44,38(29)39(30)56-40)18-19-47(33)25-28-10-11-28/h12-13,20-21,28,32-33,40,52H,10-11,14-19,22-25H2,1-9H3,(H,48,49)/t32-,33?,40-,43?,44-,45+,46-/m1/s1. The first kappa shape index (κ1) is 39.4. The van der Waals surface area contributed by atoms with Gasteiger partial charge in [0.2, 0.25) is 0 Å². The van der Waals surface area contributed by atoms with Gasteiger partial charge in [0.25, 0.3) is 0 Å². The number of likely N-dealkylation sites (tertiary alicyclic amines) is 1. The molecule has 5 fully saturated rings. The monoisotopic (exact) mass is 771 g/mol. The highest BCUT2D eigenvalue weighted by Crippen LogP contribution is 2.78. The minimum Gasteiger partial charge on any atom is -0.482 e. The van der Waals surface area contributed by atoms with Gasteiger partial charge in [-0.2, -0.15) is 0 Å². The van der Waals surface area contributed by atoms with E-state index >= 15 is 0 Å². The van der Waals surface area contributed by atoms with Gasteiger partial charge in [0.1, 0.15) is 17.5 Å². The Bertz CT molecular complexity index is 1970. The minimum absolute atomic E-state index is 0.0116. The number of carboxylic acid groups (broad SMARTS) is 1. The zero-order valence-corrected chi connectivity index (χ0v) is 34.8. The van der Waals surface area contributed by atoms with Crippen molar-refractivity contribution in [2.45, 2.75) is 154 Å². The number of carbonyl (C=O) groups excluding carboxylic acids is 2. The Kier molecular flexibility index (Phi) is 9.15. The smallest absolute Gasteiger partial charge is 0.312 e. The van der Waals surface area contributed by atoms with Gasteiger partial charge in [-0.25, -0.2) is 0 Å². The van der Waals surface area contributed by atoms with Crippen molar-refractivity contribution in [2.24, 2.45) is 22.7 Å². The number of nitrogens with zero attached hydrogens (tertiary/aromatic N) is 1. The van der Waals surface area contributed by atoms with E-state index in [1.165, 1.54) is 24.0 Å². The van der Waals surface area contributed by atoms with E-state index in [1.54, 1.807) is 13.2 Å². The lowest BCUT2D eigenvalue weighted by Crippen LogP contribution is -2.83. The fraction of sp³-hybridized carbons (Fsp3) is 0.674. The van der Waals surface area contributed by atoms with Crippen molar-refractivity contribution in [1.29, 1.82) is 0 Å². The summed E-state index contributed by atoms with van der Waals surface area (Å²) in [6.07, 6.45) is 6.15. The van der Waals surface area contributed by atoms with E-state index in [0.717, 1.165) is 62.2 Å². The summed E-state index contributed by atoms with van der Waals surface area (Å²) in [6.45, 7) is 18.2. The maximum atomic E-state index is 14.2. The van der Waals surface area contributed by atoms with E-state index in [-0.39, 0.29) is 42.1 Å². The zero-order valence-electron chi connectivity index (χ0n) is 34.8. The van der Waals surface area contributed by atoms with Crippen LogP contribution in [0.15, 0.2) is 24.3 Å². The molecule has 9 rings (SSSR count). The molecule has 10 nitrogen and oxygen atoms in total. The molecule has 2 heterocycles. The maximum absolute atomic E-state index is 14.2. The summed E-state index contributed by atoms with van der Waals surface area (Å²) in [6, 6.07) is 8.14. The summed E-state index contributed by atoms with van der Waals surface area (Å²) in [7, 11) is 1.80. The van der Waals surface area contributed by atoms with Gasteiger partial charge in [-0.1, -0.05) is 46.8 Å². The molecule has 304 valence electrons. The summed E-state index contributed by atoms with van der Waals surface area (Å²) in [5.74, 6) is -0.169. The molecule has 2 N–H and O–H groups in total. The van der Waals surface area contributed by atoms with Crippen LogP contribution in [0, 0.1) is 36.5 Å². The van der Waals surface area contributed by atoms with E-state index in [0.29, 0.717) is 28.9 Å². The van der Waals surface area contributed by atoms with Crippen LogP contribution < -0.4 is 14.2 Å². The van der Waals surface area contributed by atoms with Gasteiger partial charge in [-0.15, -0.1) is 0 Å². The lowest BCUT2D eigenvalue weighted by Gasteiger charge is -2.75. The van der Waals surface area contributed by atoms with Crippen LogP contribution in [0.2, 0.25) is 0 Å². The Morgan fingerprint density at radius 3 is 2.32 bits per heavy atom. The third-order valence-corrected chi connectivity index (χ3v) is 15.5. The van der Waals surface area contributed by atoms with E-state index in [9.17, 15) is 19.5 Å². The predicted octanol–water partition coefficient (Wildman–Crippen LogP) is 7.37. The number of benzene rings is 2. The largest absolute Gasteiger partial charge is 0.482 e. The van der Waals surface area contributed by atoms with Crippen LogP contribution in [0.1, 0.15) is 127 Å². The van der Waals surface area contributed by atoms with Crippen molar-refractivity contribution in [2.75, 3.05) is 20.2 Å². The van der Waals surface area contributed by atoms with Crippen LogP contribution in [-0.4, -0.2) is 76.6 Å². The number of carbonyl (C=O) groups is 3. The number of aliphatic hydroxyl groups is 1. The Labute approximate surface area is 331 Å². The molecule has 56 heavy (non-hydrogen) atoms. The van der Waals surface area contributed by atoms with E-state index in [4.69, 9.17) is 24.1 Å². The molecule has 0 amide bonds. The molecule has 7 atom stereocenters. The van der Waals surface area contributed by atoms with Crippen LogP contribution >= 0.6 is 0 Å². The third-order valence-electron chi connectivity index (χ3n) is 15.5. The molecular formula is C46H61NO9. The highest BCUT2D eigenvalue weighted by molar-refractivity contribution is 5.80. The number of aliphatic carboxylic acids is 1. The second kappa shape index (κ2) is 13.0. The predicted molar refractivity (Wildman–Crippen MR) is 210 cm³/mol. The molecule has 4 saturated carbocycles. The second-order valence-electron chi connectivity index (χ2n) is 20.1. The van der Waals surface area contributed by atoms with E-state index in [1.807, 2.05) is 46.8 Å². The fourth-order valence-corrected chi connectivity index (χ4v) is 12.5. The molecule has 0 radical (unpaired) electrons. The number of aryl methyl sites for hydroxylation is 2. The van der Waals surface area contributed by atoms with Gasteiger partial charge in [0, 0.05) is 53.0 Å². The molecule has 7 aliphatic rings. The summed E-state index contributed by atoms with van der Waals surface area (Å²) in [5, 5.41) is 21.7. The fourth-order valence-electron chi connectivity index (χ4n) is 12.5. The van der Waals surface area contributed by atoms with Crippen molar-refractivity contribution in [3.8, 4) is 17.2 Å². The van der Waals surface area contributed by atoms with Gasteiger partial charge >= 0.3 is 17.9 Å². The van der Waals surface area contributed by atoms with Crippen molar-refractivity contribution in [1.82, 2.24) is 4.90 Å². The quantitative estimate of drug-likeness (QED) is 0.167. The van der Waals surface area contributed by atoms with Crippen LogP contribution in [0.5, 0.6) is 17.2 Å². The first-order valence-corrected chi connectivity index (χ1v) is 20.8. The normalized spacial score (nSPS) is 31.3. The Morgan fingerprint density at radius 2 is 1.66 bits per heavy atom. The number of fused-ring (bicyclic) bond motifs is 2. The average Bonchev–Trinajstić information content (AvgIpc) is 3.84. The molecule has 4 bridgehead atoms. The highest BCUT2D eigenvalue weighted by atomic mass is 16.6. The summed E-state index contributed by atoms with van der Waals surface area (Å²) in [4.78, 5) is 40.8. The number of methoxy groups -OCH3 is 1. The van der Waals surface area contributed by atoms with Crippen LogP contribution in [0.4, 0.5) is 0 Å². The highest BCUT2D eigenvalue weighted by Gasteiger charge is 2.82. The zero-order chi connectivity index (χ0) is 40.4. The van der Waals surface area contributed by atoms with Crippen molar-refractivity contribution >= 4 is 17.9 Å². The van der Waals surface area contributed by atoms with Crippen molar-refractivity contribution in [3.63, 3.8) is 0 Å². The van der Waals surface area contributed by atoms with Gasteiger partial charge in [-0.05, 0) is 112 Å². The first-order valence-electron chi connectivity index (χ1n) is 20.8. The SMILES string of the molecule is CO[C@]12CC[C@@]3(C[C@@H]1C(C)(O)C(C)(C)C)C1Cc4ccc(OC(=O)CC(C)(C)c5c(C)cc(C)cc5OC(=O)CCC(=O)O)c5c4[C@@]3(CCN1CC1CC1)[C@H]2O5. The van der Waals surface area contributed by atoms with E-state index in [2.05, 4.69) is 31.7 Å². The molecule has 5 aliphatic carbocycles. The Hall–Kier alpha value is -3.47. The van der Waals surface area contributed by atoms with E-state index < -0.39 is 39.9 Å². The van der Waals surface area contributed by atoms with Crippen LogP contribution in [0.3, 0.4) is 0 Å². The van der Waals surface area contributed by atoms with Crippen molar-refractivity contribution in [3.05, 3.63) is 52.1 Å². The van der Waals surface area contributed by atoms with Gasteiger partial charge in [0.05, 0.1) is 24.9 Å². The van der Waals surface area contributed by atoms with Crippen LogP contribution in [-0.2, 0) is 36.4 Å². The number of hydrogen-bond donors (Lipinski definition) is 2. The van der Waals surface area contributed by atoms with Gasteiger partial charge in [0.15, 0.2) is 11.5 Å². The molecule has 2 unspecified atom stereocenters. The average molecular weight is 772 g/mol. The molecule has 0 aromatic heterocycles. The number of ether oxygens (including phenoxy) is 4. The van der Waals surface area contributed by atoms with Gasteiger partial charge in [-0.3, -0.25) is 19.3 Å². The second-order valence-corrected chi connectivity index (χ2v) is 20.1. The number of esters is 2. The number of carboxylic acids is 1. The lowest BCUT2D eigenvalue weighted by atomic mass is 9.33. The summed E-state index contributed by atoms with van der Waals surface area (Å²) < 4.78 is 26.2. The number of rotatable bonds is 12. The number of hydrogen-bond acceptors (Lipinski definition) is 9. The molecular weight excluding hydrogens is 711 g/mol. The van der Waals surface area contributed by atoms with Crippen molar-refractivity contribution < 1.29 is 43.5 Å². The maximum Gasteiger partial charge on any atom is 0.312 e. The van der Waals surface area contributed by atoms with Crippen LogP contribution in [0.25, 0.3) is 0 Å². The Balaban J connectivity index is 1.15. The summed E-state index contributed by atoms with van der Waals surface area (Å²) in [5.41, 5.74) is 1.44. The molecule has 10 heteroatoms. The third kappa shape index (κ3) is 5.70. The minimum atomic E-state index is -1.07. The molecule has 2 aliphatic heterocycles. The van der Waals surface area contributed by atoms with Gasteiger partial charge < -0.3 is 29.2 Å². The topological polar surface area (TPSA) is 132 Å². The lowest BCUT2D eigenvalue weighted by molar-refractivity contribution is -0.312. The molecule has 1 saturated heterocycles. The molecule has 2 aromatic carbocycles. The molecule has 2 spiro atoms. The number of piperidine rings is 1. The first-order chi connectivity index (χ1) is 26.2. The Morgan fingerprint density at radius 1 is 0.946 bits per heavy atom. The molecule has 2 aromatic rings.